The number of rotatable bonds is 5. The van der Waals surface area contributed by atoms with E-state index in [0.717, 1.165) is 0 Å². The molecule has 0 aliphatic heterocycles. The van der Waals surface area contributed by atoms with Crippen LogP contribution in [0.5, 0.6) is 0 Å². The number of nitrogens with zero attached hydrogens (tertiary/aromatic N) is 2. The van der Waals surface area contributed by atoms with Crippen molar-refractivity contribution in [3.63, 3.8) is 0 Å². The summed E-state index contributed by atoms with van der Waals surface area (Å²) in [7, 11) is 0. The second kappa shape index (κ2) is 6.00. The zero-order valence-electron chi connectivity index (χ0n) is 11.3. The Kier molecular flexibility index (Phi) is 4.13. The first-order chi connectivity index (χ1) is 10.0. The number of hydrogen-bond acceptors (Lipinski definition) is 5. The van der Waals surface area contributed by atoms with Crippen molar-refractivity contribution in [1.82, 2.24) is 0 Å². The third-order valence-electron chi connectivity index (χ3n) is 3.08. The second-order valence-electron chi connectivity index (χ2n) is 4.47. The van der Waals surface area contributed by atoms with Gasteiger partial charge >= 0.3 is 0 Å². The molecule has 2 aromatic rings. The lowest BCUT2D eigenvalue weighted by atomic mass is 10.1. The van der Waals surface area contributed by atoms with Crippen molar-refractivity contribution in [3.05, 3.63) is 73.8 Å². The highest BCUT2D eigenvalue weighted by Crippen LogP contribution is 2.29. The third kappa shape index (κ3) is 3.14. The molecule has 0 aliphatic carbocycles. The standard InChI is InChI=1S/C14H13N3O4/c1-10-5-4-7-12(14(10)17(20)21)15-9-11-6-2-3-8-13(11)16(18)19/h2-8,15H,9H2,1H3. The minimum absolute atomic E-state index is 0.0136. The maximum absolute atomic E-state index is 11.1. The molecule has 0 heterocycles. The molecule has 0 radical (unpaired) electrons. The summed E-state index contributed by atoms with van der Waals surface area (Å²) in [6.45, 7) is 1.79. The molecule has 0 bridgehead atoms. The van der Waals surface area contributed by atoms with Gasteiger partial charge in [-0.15, -0.1) is 0 Å². The van der Waals surface area contributed by atoms with Gasteiger partial charge in [-0.25, -0.2) is 0 Å². The van der Waals surface area contributed by atoms with E-state index < -0.39 is 9.85 Å². The third-order valence-corrected chi connectivity index (χ3v) is 3.08. The number of nitrogens with one attached hydrogen (secondary N) is 1. The summed E-state index contributed by atoms with van der Waals surface area (Å²) >= 11 is 0. The van der Waals surface area contributed by atoms with Gasteiger partial charge in [-0.3, -0.25) is 20.2 Å². The summed E-state index contributed by atoms with van der Waals surface area (Å²) < 4.78 is 0. The molecule has 108 valence electrons. The van der Waals surface area contributed by atoms with Crippen molar-refractivity contribution in [3.8, 4) is 0 Å². The lowest BCUT2D eigenvalue weighted by Gasteiger charge is -2.09. The average molecular weight is 287 g/mol. The van der Waals surface area contributed by atoms with Crippen LogP contribution in [0.2, 0.25) is 0 Å². The first-order valence-corrected chi connectivity index (χ1v) is 6.21. The van der Waals surface area contributed by atoms with E-state index in [2.05, 4.69) is 5.32 Å². The molecule has 2 aromatic carbocycles. The van der Waals surface area contributed by atoms with Gasteiger partial charge in [0.05, 0.1) is 9.85 Å². The predicted molar refractivity (Wildman–Crippen MR) is 78.3 cm³/mol. The molecule has 0 amide bonds. The zero-order chi connectivity index (χ0) is 15.4. The lowest BCUT2D eigenvalue weighted by Crippen LogP contribution is -2.05. The molecule has 0 aliphatic rings. The number of hydrogen-bond donors (Lipinski definition) is 1. The van der Waals surface area contributed by atoms with Gasteiger partial charge in [0.2, 0.25) is 0 Å². The largest absolute Gasteiger partial charge is 0.375 e. The van der Waals surface area contributed by atoms with E-state index >= 15 is 0 Å². The molecule has 7 nitrogen and oxygen atoms in total. The molecule has 0 atom stereocenters. The Balaban J connectivity index is 2.28. The Morgan fingerprint density at radius 3 is 2.38 bits per heavy atom. The molecule has 1 N–H and O–H groups in total. The molecular formula is C14H13N3O4. The second-order valence-corrected chi connectivity index (χ2v) is 4.47. The van der Waals surface area contributed by atoms with Gasteiger partial charge in [-0.2, -0.15) is 0 Å². The van der Waals surface area contributed by atoms with Crippen LogP contribution in [0.25, 0.3) is 0 Å². The van der Waals surface area contributed by atoms with Gasteiger partial charge in [-0.05, 0) is 13.0 Å². The maximum Gasteiger partial charge on any atom is 0.295 e. The Hall–Kier alpha value is -2.96. The molecule has 7 heteroatoms. The highest BCUT2D eigenvalue weighted by atomic mass is 16.6. The minimum atomic E-state index is -0.471. The van der Waals surface area contributed by atoms with Crippen molar-refractivity contribution in [2.24, 2.45) is 0 Å². The van der Waals surface area contributed by atoms with Gasteiger partial charge in [0.1, 0.15) is 5.69 Å². The molecule has 2 rings (SSSR count). The van der Waals surface area contributed by atoms with Crippen molar-refractivity contribution in [2.75, 3.05) is 5.32 Å². The maximum atomic E-state index is 11.1. The summed E-state index contributed by atoms with van der Waals surface area (Å²) in [6.07, 6.45) is 0. The fourth-order valence-corrected chi connectivity index (χ4v) is 2.07. The van der Waals surface area contributed by atoms with Gasteiger partial charge in [-0.1, -0.05) is 30.3 Å². The SMILES string of the molecule is Cc1cccc(NCc2ccccc2[N+](=O)[O-])c1[N+](=O)[O-]. The molecule has 0 saturated carbocycles. The van der Waals surface area contributed by atoms with Crippen molar-refractivity contribution >= 4 is 17.1 Å². The molecule has 0 unspecified atom stereocenters. The van der Waals surface area contributed by atoms with Crippen molar-refractivity contribution in [2.45, 2.75) is 13.5 Å². The normalized spacial score (nSPS) is 10.1. The van der Waals surface area contributed by atoms with E-state index in [4.69, 9.17) is 0 Å². The van der Waals surface area contributed by atoms with E-state index in [9.17, 15) is 20.2 Å². The zero-order valence-corrected chi connectivity index (χ0v) is 11.3. The first kappa shape index (κ1) is 14.4. The van der Waals surface area contributed by atoms with Gasteiger partial charge < -0.3 is 5.32 Å². The molecule has 0 spiro atoms. The quantitative estimate of drug-likeness (QED) is 0.671. The van der Waals surface area contributed by atoms with Gasteiger partial charge in [0.15, 0.2) is 0 Å². The minimum Gasteiger partial charge on any atom is -0.375 e. The monoisotopic (exact) mass is 287 g/mol. The van der Waals surface area contributed by atoms with Crippen LogP contribution in [0.4, 0.5) is 17.1 Å². The lowest BCUT2D eigenvalue weighted by molar-refractivity contribution is -0.385. The van der Waals surface area contributed by atoms with Crippen LogP contribution in [0.1, 0.15) is 11.1 Å². The van der Waals surface area contributed by atoms with E-state index in [0.29, 0.717) is 16.8 Å². The van der Waals surface area contributed by atoms with Crippen LogP contribution in [-0.4, -0.2) is 9.85 Å². The number of aryl methyl sites for hydroxylation is 1. The number of benzene rings is 2. The first-order valence-electron chi connectivity index (χ1n) is 6.21. The van der Waals surface area contributed by atoms with Crippen LogP contribution >= 0.6 is 0 Å². The fraction of sp³-hybridized carbons (Fsp3) is 0.143. The summed E-state index contributed by atoms with van der Waals surface area (Å²) in [4.78, 5) is 21.1. The topological polar surface area (TPSA) is 98.3 Å². The number of nitro groups is 2. The summed E-state index contributed by atoms with van der Waals surface area (Å²) in [6, 6.07) is 11.2. The van der Waals surface area contributed by atoms with Gasteiger partial charge in [0, 0.05) is 23.7 Å². The van der Waals surface area contributed by atoms with Crippen LogP contribution in [0.3, 0.4) is 0 Å². The fourth-order valence-electron chi connectivity index (χ4n) is 2.07. The smallest absolute Gasteiger partial charge is 0.295 e. The molecule has 0 aromatic heterocycles. The Labute approximate surface area is 120 Å². The predicted octanol–water partition coefficient (Wildman–Crippen LogP) is 3.42. The summed E-state index contributed by atoms with van der Waals surface area (Å²) in [5, 5.41) is 24.9. The molecular weight excluding hydrogens is 274 g/mol. The van der Waals surface area contributed by atoms with E-state index in [1.807, 2.05) is 0 Å². The number of nitro benzene ring substituents is 2. The Morgan fingerprint density at radius 2 is 1.71 bits per heavy atom. The number of anilines is 1. The summed E-state index contributed by atoms with van der Waals surface area (Å²) in [5.41, 5.74) is 1.32. The van der Waals surface area contributed by atoms with E-state index in [1.54, 1.807) is 43.3 Å². The Morgan fingerprint density at radius 1 is 1.00 bits per heavy atom. The molecule has 21 heavy (non-hydrogen) atoms. The van der Waals surface area contributed by atoms with Gasteiger partial charge in [0.25, 0.3) is 11.4 Å². The van der Waals surface area contributed by atoms with Crippen molar-refractivity contribution in [1.29, 1.82) is 0 Å². The molecule has 0 fully saturated rings. The van der Waals surface area contributed by atoms with Crippen LogP contribution in [-0.2, 0) is 6.54 Å². The van der Waals surface area contributed by atoms with Crippen molar-refractivity contribution < 1.29 is 9.85 Å². The van der Waals surface area contributed by atoms with E-state index in [1.165, 1.54) is 6.07 Å². The van der Waals surface area contributed by atoms with E-state index in [-0.39, 0.29) is 17.9 Å². The van der Waals surface area contributed by atoms with Crippen LogP contribution in [0.15, 0.2) is 42.5 Å². The molecule has 0 saturated heterocycles. The summed E-state index contributed by atoms with van der Waals surface area (Å²) in [5.74, 6) is 0. The Bertz CT molecular complexity index is 700. The van der Waals surface area contributed by atoms with Crippen LogP contribution < -0.4 is 5.32 Å². The highest BCUT2D eigenvalue weighted by Gasteiger charge is 2.18. The average Bonchev–Trinajstić information content (AvgIpc) is 2.44. The highest BCUT2D eigenvalue weighted by molar-refractivity contribution is 5.65. The number of para-hydroxylation sites is 2. The van der Waals surface area contributed by atoms with Crippen LogP contribution in [0, 0.1) is 27.2 Å².